The fourth-order valence-electron chi connectivity index (χ4n) is 2.97. The summed E-state index contributed by atoms with van der Waals surface area (Å²) in [4.78, 5) is 12.8. The minimum atomic E-state index is -2.57. The number of pyridine rings is 1. The summed E-state index contributed by atoms with van der Waals surface area (Å²) in [6.07, 6.45) is 2.98. The van der Waals surface area contributed by atoms with Crippen molar-refractivity contribution < 1.29 is 13.5 Å². The van der Waals surface area contributed by atoms with Gasteiger partial charge in [0.15, 0.2) is 0 Å². The zero-order valence-corrected chi connectivity index (χ0v) is 16.4. The topological polar surface area (TPSA) is 83.5 Å². The van der Waals surface area contributed by atoms with Crippen LogP contribution in [0.4, 0.5) is 8.78 Å². The van der Waals surface area contributed by atoms with Crippen molar-refractivity contribution in [3.8, 4) is 22.9 Å². The van der Waals surface area contributed by atoms with Crippen molar-refractivity contribution in [2.24, 2.45) is 7.05 Å². The number of aromatic nitrogens is 7. The quantitative estimate of drug-likeness (QED) is 0.467. The van der Waals surface area contributed by atoms with Crippen molar-refractivity contribution >= 4 is 7.05 Å². The van der Waals surface area contributed by atoms with E-state index >= 15 is 0 Å². The normalized spacial score (nSPS) is 11.1. The number of hydrogen-bond donors (Lipinski definition) is 0. The summed E-state index contributed by atoms with van der Waals surface area (Å²) in [7, 11) is 3.36. The number of imidazole rings is 1. The molecule has 0 saturated heterocycles. The molecule has 0 amide bonds. The first kappa shape index (κ1) is 19.8. The summed E-state index contributed by atoms with van der Waals surface area (Å²) in [5, 5.41) is 8.10. The van der Waals surface area contributed by atoms with Crippen LogP contribution in [0.5, 0.6) is 5.64 Å². The third-order valence-electron chi connectivity index (χ3n) is 4.60. The maximum atomic E-state index is 12.8. The average Bonchev–Trinajstić information content (AvgIpc) is 3.39. The van der Waals surface area contributed by atoms with Crippen LogP contribution in [0.25, 0.3) is 17.2 Å². The van der Waals surface area contributed by atoms with Gasteiger partial charge in [0.2, 0.25) is 0 Å². The fraction of sp³-hybridized carbons (Fsp3) is 0.263. The predicted molar refractivity (Wildman–Crippen MR) is 106 cm³/mol. The Morgan fingerprint density at radius 2 is 2.03 bits per heavy atom. The molecule has 4 rings (SSSR count). The SMILES string of the molecule is CCc1nccn1-c1ccc(OCc2c(-c3ccc(C(F)F)cn3)nnn2C)bn1. The number of halogens is 2. The number of ether oxygens (including phenoxy) is 1. The van der Waals surface area contributed by atoms with E-state index in [1.54, 1.807) is 25.0 Å². The molecule has 30 heavy (non-hydrogen) atoms. The second kappa shape index (κ2) is 8.48. The van der Waals surface area contributed by atoms with Gasteiger partial charge in [0.1, 0.15) is 0 Å². The summed E-state index contributed by atoms with van der Waals surface area (Å²) in [5.74, 6) is 1.68. The molecule has 11 heteroatoms. The van der Waals surface area contributed by atoms with E-state index in [9.17, 15) is 8.78 Å². The van der Waals surface area contributed by atoms with Gasteiger partial charge in [-0.2, -0.15) is 0 Å². The number of aryl methyl sites for hydroxylation is 2. The molecule has 0 aliphatic rings. The van der Waals surface area contributed by atoms with Crippen molar-refractivity contribution in [1.29, 1.82) is 0 Å². The van der Waals surface area contributed by atoms with E-state index < -0.39 is 6.43 Å². The first-order valence-corrected chi connectivity index (χ1v) is 9.31. The Labute approximate surface area is 171 Å². The Hall–Kier alpha value is -3.50. The standard InChI is InChI=1S/C19H18BF2N7O/c1-3-16-23-8-9-29(16)17-7-6-15(20-25-17)30-11-14-18(26-27-28(14)2)13-5-4-12(10-24-13)19(21)22/h4-10,19H,3,11H2,1-2H3. The van der Waals surface area contributed by atoms with Gasteiger partial charge in [0.05, 0.1) is 0 Å². The zero-order valence-electron chi connectivity index (χ0n) is 16.4. The molecule has 0 bridgehead atoms. The van der Waals surface area contributed by atoms with Crippen molar-refractivity contribution in [2.45, 2.75) is 26.4 Å². The molecule has 0 aromatic carbocycles. The first-order chi connectivity index (χ1) is 14.6. The maximum absolute atomic E-state index is 12.8. The first-order valence-electron chi connectivity index (χ1n) is 9.31. The molecule has 0 unspecified atom stereocenters. The van der Waals surface area contributed by atoms with Gasteiger partial charge in [-0.05, 0) is 0 Å². The second-order valence-electron chi connectivity index (χ2n) is 6.49. The molecule has 152 valence electrons. The molecular weight excluding hydrogens is 391 g/mol. The van der Waals surface area contributed by atoms with Gasteiger partial charge in [-0.1, -0.05) is 0 Å². The van der Waals surface area contributed by atoms with Gasteiger partial charge in [-0.25, -0.2) is 0 Å². The molecule has 4 aromatic heterocycles. The molecular formula is C19H18BF2N7O. The predicted octanol–water partition coefficient (Wildman–Crippen LogP) is 2.87. The van der Waals surface area contributed by atoms with E-state index in [0.717, 1.165) is 24.3 Å². The van der Waals surface area contributed by atoms with Crippen LogP contribution < -0.4 is 4.74 Å². The van der Waals surface area contributed by atoms with E-state index in [0.29, 0.717) is 22.7 Å². The molecule has 4 aromatic rings. The van der Waals surface area contributed by atoms with Crippen molar-refractivity contribution in [2.75, 3.05) is 0 Å². The average molecular weight is 409 g/mol. The van der Waals surface area contributed by atoms with Gasteiger partial charge in [0, 0.05) is 0 Å². The van der Waals surface area contributed by atoms with Crippen molar-refractivity contribution in [3.05, 3.63) is 59.9 Å². The van der Waals surface area contributed by atoms with Crippen LogP contribution in [-0.4, -0.2) is 41.5 Å². The van der Waals surface area contributed by atoms with Crippen LogP contribution in [0.1, 0.15) is 30.4 Å². The number of nitrogens with zero attached hydrogens (tertiary/aromatic N) is 7. The minimum absolute atomic E-state index is 0.143. The third-order valence-corrected chi connectivity index (χ3v) is 4.60. The van der Waals surface area contributed by atoms with E-state index in [2.05, 4.69) is 25.2 Å². The Balaban J connectivity index is 1.50. The van der Waals surface area contributed by atoms with Gasteiger partial charge in [-0.15, -0.1) is 0 Å². The van der Waals surface area contributed by atoms with Crippen LogP contribution >= 0.6 is 0 Å². The summed E-state index contributed by atoms with van der Waals surface area (Å²) < 4.78 is 34.8. The van der Waals surface area contributed by atoms with E-state index in [1.807, 2.05) is 29.8 Å². The van der Waals surface area contributed by atoms with Crippen molar-refractivity contribution in [1.82, 2.24) is 34.4 Å². The Morgan fingerprint density at radius 1 is 1.17 bits per heavy atom. The molecule has 0 radical (unpaired) electrons. The van der Waals surface area contributed by atoms with Gasteiger partial charge in [-0.3, -0.25) is 0 Å². The molecule has 0 aliphatic carbocycles. The van der Waals surface area contributed by atoms with Crippen LogP contribution in [0.2, 0.25) is 0 Å². The van der Waals surface area contributed by atoms with E-state index in [1.165, 1.54) is 12.1 Å². The van der Waals surface area contributed by atoms with E-state index in [4.69, 9.17) is 4.74 Å². The zero-order chi connectivity index (χ0) is 21.1. The molecule has 0 atom stereocenters. The second-order valence-corrected chi connectivity index (χ2v) is 6.49. The molecule has 0 spiro atoms. The monoisotopic (exact) mass is 409 g/mol. The number of alkyl halides is 2. The molecule has 0 fully saturated rings. The summed E-state index contributed by atoms with van der Waals surface area (Å²) in [5.41, 5.74) is 2.03. The summed E-state index contributed by atoms with van der Waals surface area (Å²) in [6.45, 7) is 2.20. The summed E-state index contributed by atoms with van der Waals surface area (Å²) in [6, 6.07) is 6.50. The molecule has 8 nitrogen and oxygen atoms in total. The molecule has 0 saturated carbocycles. The van der Waals surface area contributed by atoms with Crippen molar-refractivity contribution in [3.63, 3.8) is 0 Å². The van der Waals surface area contributed by atoms with E-state index in [-0.39, 0.29) is 12.2 Å². The van der Waals surface area contributed by atoms with Gasteiger partial charge < -0.3 is 0 Å². The fourth-order valence-corrected chi connectivity index (χ4v) is 2.97. The Kier molecular flexibility index (Phi) is 5.60. The number of hydrogen-bond acceptors (Lipinski definition) is 6. The third kappa shape index (κ3) is 3.96. The van der Waals surface area contributed by atoms with Gasteiger partial charge in [0.25, 0.3) is 0 Å². The molecule has 0 N–H and O–H groups in total. The Bertz CT molecular complexity index is 1130. The van der Waals surface area contributed by atoms with Gasteiger partial charge >= 0.3 is 171 Å². The van der Waals surface area contributed by atoms with Crippen LogP contribution in [0.3, 0.4) is 0 Å². The molecule has 4 heterocycles. The van der Waals surface area contributed by atoms with Crippen LogP contribution in [-0.2, 0) is 20.1 Å². The van der Waals surface area contributed by atoms with Crippen LogP contribution in [0, 0.1) is 0 Å². The Morgan fingerprint density at radius 3 is 2.70 bits per heavy atom. The molecule has 0 aliphatic heterocycles. The van der Waals surface area contributed by atoms with Crippen LogP contribution in [0.15, 0.2) is 42.9 Å². The summed E-state index contributed by atoms with van der Waals surface area (Å²) >= 11 is 0. The number of rotatable bonds is 7.